The van der Waals surface area contributed by atoms with Gasteiger partial charge in [-0.05, 0) is 30.0 Å². The van der Waals surface area contributed by atoms with Crippen LogP contribution in [0.3, 0.4) is 0 Å². The van der Waals surface area contributed by atoms with Crippen molar-refractivity contribution in [2.24, 2.45) is 0 Å². The third-order valence-corrected chi connectivity index (χ3v) is 5.48. The minimum Gasteiger partial charge on any atom is -0.311 e. The lowest BCUT2D eigenvalue weighted by Crippen LogP contribution is -2.22. The topological polar surface area (TPSA) is 40.7 Å². The molecule has 0 bridgehead atoms. The SMILES string of the molecule is c1csc(-c2[nH]ncc2CNCC2CCCS2)c1. The van der Waals surface area contributed by atoms with Gasteiger partial charge in [-0.1, -0.05) is 6.07 Å². The highest BCUT2D eigenvalue weighted by atomic mass is 32.2. The van der Waals surface area contributed by atoms with E-state index in [-0.39, 0.29) is 0 Å². The molecule has 1 saturated heterocycles. The predicted octanol–water partition coefficient (Wildman–Crippen LogP) is 3.12. The van der Waals surface area contributed by atoms with Crippen LogP contribution in [0.25, 0.3) is 10.6 Å². The molecule has 1 aliphatic rings. The molecule has 3 rings (SSSR count). The van der Waals surface area contributed by atoms with Gasteiger partial charge in [-0.25, -0.2) is 0 Å². The number of nitrogens with zero attached hydrogens (tertiary/aromatic N) is 1. The number of nitrogens with one attached hydrogen (secondary N) is 2. The number of aromatic nitrogens is 2. The van der Waals surface area contributed by atoms with Crippen LogP contribution in [0.2, 0.25) is 0 Å². The standard InChI is InChI=1S/C13H17N3S2/c1-3-11(17-5-1)9-14-7-10-8-15-16-13(10)12-4-2-6-18-12/h2,4,6,8,11,14H,1,3,5,7,9H2,(H,15,16). The molecule has 0 aromatic carbocycles. The average Bonchev–Trinajstić information content (AvgIpc) is 3.12. The molecule has 2 aromatic heterocycles. The van der Waals surface area contributed by atoms with Gasteiger partial charge in [0.15, 0.2) is 0 Å². The molecule has 0 spiro atoms. The molecule has 1 fully saturated rings. The van der Waals surface area contributed by atoms with E-state index < -0.39 is 0 Å². The van der Waals surface area contributed by atoms with Gasteiger partial charge in [0.2, 0.25) is 0 Å². The van der Waals surface area contributed by atoms with Crippen LogP contribution in [0.15, 0.2) is 23.7 Å². The molecule has 3 heterocycles. The Hall–Kier alpha value is -0.780. The molecule has 1 atom stereocenters. The quantitative estimate of drug-likeness (QED) is 0.883. The maximum Gasteiger partial charge on any atom is 0.0794 e. The van der Waals surface area contributed by atoms with E-state index in [1.807, 2.05) is 6.20 Å². The summed E-state index contributed by atoms with van der Waals surface area (Å²) in [6.07, 6.45) is 4.67. The second-order valence-corrected chi connectivity index (χ2v) is 6.87. The van der Waals surface area contributed by atoms with Gasteiger partial charge in [-0.2, -0.15) is 16.9 Å². The van der Waals surface area contributed by atoms with Crippen molar-refractivity contribution in [2.75, 3.05) is 12.3 Å². The summed E-state index contributed by atoms with van der Waals surface area (Å²) in [4.78, 5) is 1.26. The molecule has 5 heteroatoms. The van der Waals surface area contributed by atoms with Crippen LogP contribution in [0.1, 0.15) is 18.4 Å². The maximum absolute atomic E-state index is 4.16. The fraction of sp³-hybridized carbons (Fsp3) is 0.462. The van der Waals surface area contributed by atoms with E-state index in [2.05, 4.69) is 44.8 Å². The van der Waals surface area contributed by atoms with Gasteiger partial charge in [0.05, 0.1) is 16.8 Å². The first-order valence-electron chi connectivity index (χ1n) is 6.32. The van der Waals surface area contributed by atoms with Crippen LogP contribution in [-0.2, 0) is 6.54 Å². The molecule has 18 heavy (non-hydrogen) atoms. The third-order valence-electron chi connectivity index (χ3n) is 3.20. The van der Waals surface area contributed by atoms with Crippen molar-refractivity contribution in [2.45, 2.75) is 24.6 Å². The fourth-order valence-electron chi connectivity index (χ4n) is 2.25. The van der Waals surface area contributed by atoms with E-state index in [4.69, 9.17) is 0 Å². The molecular formula is C13H17N3S2. The van der Waals surface area contributed by atoms with Crippen molar-refractivity contribution in [3.05, 3.63) is 29.3 Å². The van der Waals surface area contributed by atoms with Crippen molar-refractivity contribution in [1.29, 1.82) is 0 Å². The van der Waals surface area contributed by atoms with Gasteiger partial charge in [-0.3, -0.25) is 5.10 Å². The second-order valence-electron chi connectivity index (χ2n) is 4.51. The normalized spacial score (nSPS) is 19.4. The van der Waals surface area contributed by atoms with E-state index in [0.29, 0.717) is 0 Å². The van der Waals surface area contributed by atoms with Gasteiger partial charge in [0.1, 0.15) is 0 Å². The highest BCUT2D eigenvalue weighted by Crippen LogP contribution is 2.27. The molecule has 0 aliphatic carbocycles. The van der Waals surface area contributed by atoms with E-state index in [1.165, 1.54) is 29.0 Å². The lowest BCUT2D eigenvalue weighted by atomic mass is 10.2. The van der Waals surface area contributed by atoms with Gasteiger partial charge in [0, 0.05) is 23.9 Å². The van der Waals surface area contributed by atoms with Crippen molar-refractivity contribution < 1.29 is 0 Å². The van der Waals surface area contributed by atoms with Crippen molar-refractivity contribution in [3.8, 4) is 10.6 Å². The largest absolute Gasteiger partial charge is 0.311 e. The molecule has 2 N–H and O–H groups in total. The van der Waals surface area contributed by atoms with E-state index in [1.54, 1.807) is 11.3 Å². The Kier molecular flexibility index (Phi) is 4.02. The minimum absolute atomic E-state index is 0.807. The molecule has 0 radical (unpaired) electrons. The van der Waals surface area contributed by atoms with Crippen LogP contribution in [0, 0.1) is 0 Å². The summed E-state index contributed by atoms with van der Waals surface area (Å²) in [5.74, 6) is 1.33. The van der Waals surface area contributed by atoms with Gasteiger partial charge in [-0.15, -0.1) is 11.3 Å². The van der Waals surface area contributed by atoms with Crippen LogP contribution < -0.4 is 5.32 Å². The summed E-state index contributed by atoms with van der Waals surface area (Å²) in [5.41, 5.74) is 2.43. The first-order valence-corrected chi connectivity index (χ1v) is 8.25. The Bertz CT molecular complexity index is 472. The Morgan fingerprint density at radius 2 is 2.50 bits per heavy atom. The summed E-state index contributed by atoms with van der Waals surface area (Å²) in [6.45, 7) is 2.01. The van der Waals surface area contributed by atoms with Crippen LogP contribution >= 0.6 is 23.1 Å². The Labute approximate surface area is 115 Å². The van der Waals surface area contributed by atoms with E-state index >= 15 is 0 Å². The Morgan fingerprint density at radius 3 is 3.28 bits per heavy atom. The smallest absolute Gasteiger partial charge is 0.0794 e. The monoisotopic (exact) mass is 279 g/mol. The zero-order valence-electron chi connectivity index (χ0n) is 10.2. The highest BCUT2D eigenvalue weighted by molar-refractivity contribution is 8.00. The van der Waals surface area contributed by atoms with Gasteiger partial charge >= 0.3 is 0 Å². The molecule has 2 aromatic rings. The highest BCUT2D eigenvalue weighted by Gasteiger charge is 2.15. The summed E-state index contributed by atoms with van der Waals surface area (Å²) >= 11 is 3.85. The molecule has 1 unspecified atom stereocenters. The molecule has 3 nitrogen and oxygen atoms in total. The number of thiophene rings is 1. The lowest BCUT2D eigenvalue weighted by Gasteiger charge is -2.09. The first kappa shape index (κ1) is 12.3. The fourth-order valence-corrected chi connectivity index (χ4v) is 4.24. The van der Waals surface area contributed by atoms with Gasteiger partial charge in [0.25, 0.3) is 0 Å². The average molecular weight is 279 g/mol. The molecule has 0 amide bonds. The van der Waals surface area contributed by atoms with Crippen LogP contribution in [0.4, 0.5) is 0 Å². The van der Waals surface area contributed by atoms with Gasteiger partial charge < -0.3 is 5.32 Å². The first-order chi connectivity index (χ1) is 8.93. The Balaban J connectivity index is 1.58. The second kappa shape index (κ2) is 5.91. The van der Waals surface area contributed by atoms with Crippen molar-refractivity contribution in [3.63, 3.8) is 0 Å². The number of hydrogen-bond donors (Lipinski definition) is 2. The van der Waals surface area contributed by atoms with E-state index in [9.17, 15) is 0 Å². The zero-order valence-corrected chi connectivity index (χ0v) is 11.8. The van der Waals surface area contributed by atoms with Crippen LogP contribution in [-0.4, -0.2) is 27.7 Å². The zero-order chi connectivity index (χ0) is 12.2. The number of rotatable bonds is 5. The number of hydrogen-bond acceptors (Lipinski definition) is 4. The molecule has 96 valence electrons. The summed E-state index contributed by atoms with van der Waals surface area (Å²) in [6, 6.07) is 4.21. The summed E-state index contributed by atoms with van der Waals surface area (Å²) < 4.78 is 0. The summed E-state index contributed by atoms with van der Waals surface area (Å²) in [7, 11) is 0. The lowest BCUT2D eigenvalue weighted by molar-refractivity contribution is 0.646. The minimum atomic E-state index is 0.807. The molecule has 0 saturated carbocycles. The number of aromatic amines is 1. The third kappa shape index (κ3) is 2.79. The number of H-pyrrole nitrogens is 1. The maximum atomic E-state index is 4.16. The van der Waals surface area contributed by atoms with Crippen LogP contribution in [0.5, 0.6) is 0 Å². The predicted molar refractivity (Wildman–Crippen MR) is 79.1 cm³/mol. The Morgan fingerprint density at radius 1 is 1.50 bits per heavy atom. The van der Waals surface area contributed by atoms with E-state index in [0.717, 1.165) is 24.0 Å². The van der Waals surface area contributed by atoms with Crippen molar-refractivity contribution >= 4 is 23.1 Å². The summed E-state index contributed by atoms with van der Waals surface area (Å²) in [5, 5.41) is 13.7. The molecular weight excluding hydrogens is 262 g/mol. The number of thioether (sulfide) groups is 1. The molecule has 1 aliphatic heterocycles. The van der Waals surface area contributed by atoms with Crippen molar-refractivity contribution in [1.82, 2.24) is 15.5 Å².